The predicted molar refractivity (Wildman–Crippen MR) is 73.6 cm³/mol. The first-order chi connectivity index (χ1) is 9.84. The van der Waals surface area contributed by atoms with Crippen molar-refractivity contribution in [1.29, 1.82) is 0 Å². The molecular formula is C16H15NO3. The molecule has 4 heteroatoms. The number of ketones is 1. The van der Waals surface area contributed by atoms with Crippen LogP contribution in [-0.2, 0) is 4.79 Å². The number of Topliss-reactive ketones (excluding diaryl/α,β-unsaturated/α-hetero) is 1. The summed E-state index contributed by atoms with van der Waals surface area (Å²) in [5.41, 5.74) is 3.59. The van der Waals surface area contributed by atoms with Crippen molar-refractivity contribution in [3.05, 3.63) is 48.3 Å². The van der Waals surface area contributed by atoms with Crippen LogP contribution >= 0.6 is 0 Å². The Bertz CT molecular complexity index is 652. The molecule has 0 spiro atoms. The van der Waals surface area contributed by atoms with E-state index in [1.165, 1.54) is 0 Å². The first-order valence-electron chi connectivity index (χ1n) is 6.94. The number of hydrogen-bond donors (Lipinski definition) is 0. The Morgan fingerprint density at radius 3 is 2.55 bits per heavy atom. The van der Waals surface area contributed by atoms with Crippen molar-refractivity contribution in [1.82, 2.24) is 4.90 Å². The van der Waals surface area contributed by atoms with E-state index in [9.17, 15) is 4.79 Å². The van der Waals surface area contributed by atoms with Crippen molar-refractivity contribution >= 4 is 17.1 Å². The molecule has 0 radical (unpaired) electrons. The second kappa shape index (κ2) is 4.40. The van der Waals surface area contributed by atoms with Crippen molar-refractivity contribution in [3.8, 4) is 0 Å². The van der Waals surface area contributed by atoms with Gasteiger partial charge in [0.2, 0.25) is 0 Å². The maximum Gasteiger partial charge on any atom is 0.167 e. The molecule has 20 heavy (non-hydrogen) atoms. The van der Waals surface area contributed by atoms with Gasteiger partial charge in [-0.3, -0.25) is 4.79 Å². The Morgan fingerprint density at radius 1 is 1.10 bits per heavy atom. The van der Waals surface area contributed by atoms with Crippen LogP contribution in [0.15, 0.2) is 46.0 Å². The first-order valence-corrected chi connectivity index (χ1v) is 6.94. The fourth-order valence-corrected chi connectivity index (χ4v) is 3.35. The van der Waals surface area contributed by atoms with Gasteiger partial charge in [0.05, 0.1) is 36.3 Å². The van der Waals surface area contributed by atoms with Crippen LogP contribution < -0.4 is 0 Å². The standard InChI is InChI=1S/C16H15NO3/c18-14-8-13-2-1-5-17(13)16(12-4-7-20-10-12)15(14)11-3-6-19-9-11/h3-4,6-7,9-10,13H,1-2,5,8H2. The van der Waals surface area contributed by atoms with Gasteiger partial charge in [0.25, 0.3) is 0 Å². The number of hydrogen-bond acceptors (Lipinski definition) is 4. The summed E-state index contributed by atoms with van der Waals surface area (Å²) in [4.78, 5) is 14.9. The second-order valence-electron chi connectivity index (χ2n) is 5.36. The smallest absolute Gasteiger partial charge is 0.167 e. The van der Waals surface area contributed by atoms with Crippen molar-refractivity contribution in [2.24, 2.45) is 0 Å². The molecule has 0 aromatic carbocycles. The minimum atomic E-state index is 0.200. The topological polar surface area (TPSA) is 46.6 Å². The van der Waals surface area contributed by atoms with Crippen molar-refractivity contribution in [3.63, 3.8) is 0 Å². The molecule has 0 N–H and O–H groups in total. The Morgan fingerprint density at radius 2 is 1.85 bits per heavy atom. The molecule has 4 nitrogen and oxygen atoms in total. The summed E-state index contributed by atoms with van der Waals surface area (Å²) in [5, 5.41) is 0. The van der Waals surface area contributed by atoms with Crippen molar-refractivity contribution in [2.75, 3.05) is 6.54 Å². The van der Waals surface area contributed by atoms with Gasteiger partial charge in [-0.15, -0.1) is 0 Å². The number of nitrogens with zero attached hydrogens (tertiary/aromatic N) is 1. The Labute approximate surface area is 116 Å². The van der Waals surface area contributed by atoms with Crippen LogP contribution in [0.25, 0.3) is 11.3 Å². The lowest BCUT2D eigenvalue weighted by Gasteiger charge is -2.34. The SMILES string of the molecule is O=C1CC2CCCN2C(c2ccoc2)=C1c1ccoc1. The highest BCUT2D eigenvalue weighted by Gasteiger charge is 2.37. The molecule has 0 saturated carbocycles. The lowest BCUT2D eigenvalue weighted by Crippen LogP contribution is -2.35. The van der Waals surface area contributed by atoms with Crippen LogP contribution in [0.4, 0.5) is 0 Å². The van der Waals surface area contributed by atoms with E-state index in [1.54, 1.807) is 25.1 Å². The van der Waals surface area contributed by atoms with E-state index in [4.69, 9.17) is 8.83 Å². The van der Waals surface area contributed by atoms with Crippen LogP contribution in [0.1, 0.15) is 30.4 Å². The van der Waals surface area contributed by atoms with Crippen molar-refractivity contribution < 1.29 is 13.6 Å². The van der Waals surface area contributed by atoms with E-state index < -0.39 is 0 Å². The molecule has 2 aromatic heterocycles. The van der Waals surface area contributed by atoms with E-state index in [0.29, 0.717) is 12.5 Å². The summed E-state index contributed by atoms with van der Waals surface area (Å²) < 4.78 is 10.4. The van der Waals surface area contributed by atoms with Gasteiger partial charge in [0.15, 0.2) is 5.78 Å². The van der Waals surface area contributed by atoms with E-state index in [2.05, 4.69) is 4.90 Å². The summed E-state index contributed by atoms with van der Waals surface area (Å²) in [5.74, 6) is 0.200. The third-order valence-corrected chi connectivity index (χ3v) is 4.21. The first kappa shape index (κ1) is 11.6. The lowest BCUT2D eigenvalue weighted by atomic mass is 9.89. The number of furan rings is 2. The fraction of sp³-hybridized carbons (Fsp3) is 0.312. The van der Waals surface area contributed by atoms with Crippen molar-refractivity contribution in [2.45, 2.75) is 25.3 Å². The summed E-state index contributed by atoms with van der Waals surface area (Å²) >= 11 is 0. The molecular weight excluding hydrogens is 254 g/mol. The number of rotatable bonds is 2. The fourth-order valence-electron chi connectivity index (χ4n) is 3.35. The number of carbonyl (C=O) groups is 1. The number of carbonyl (C=O) groups excluding carboxylic acids is 1. The molecule has 1 atom stereocenters. The van der Waals surface area contributed by atoms with E-state index in [-0.39, 0.29) is 5.78 Å². The van der Waals surface area contributed by atoms with E-state index in [0.717, 1.165) is 41.8 Å². The van der Waals surface area contributed by atoms with Crippen LogP contribution in [0.2, 0.25) is 0 Å². The van der Waals surface area contributed by atoms with Crippen LogP contribution in [0.3, 0.4) is 0 Å². The quantitative estimate of drug-likeness (QED) is 0.840. The monoisotopic (exact) mass is 269 g/mol. The van der Waals surface area contributed by atoms with Crippen LogP contribution in [0.5, 0.6) is 0 Å². The van der Waals surface area contributed by atoms with Crippen LogP contribution in [-0.4, -0.2) is 23.3 Å². The van der Waals surface area contributed by atoms with E-state index >= 15 is 0 Å². The Balaban J connectivity index is 1.95. The third-order valence-electron chi connectivity index (χ3n) is 4.21. The summed E-state index contributed by atoms with van der Waals surface area (Å²) in [6.07, 6.45) is 9.44. The van der Waals surface area contributed by atoms with Gasteiger partial charge < -0.3 is 13.7 Å². The van der Waals surface area contributed by atoms with E-state index in [1.807, 2.05) is 12.1 Å². The average Bonchev–Trinajstić information content (AvgIpc) is 3.19. The van der Waals surface area contributed by atoms with Gasteiger partial charge >= 0.3 is 0 Å². The molecule has 0 bridgehead atoms. The maximum absolute atomic E-state index is 12.6. The minimum Gasteiger partial charge on any atom is -0.472 e. The molecule has 4 rings (SSSR count). The highest BCUT2D eigenvalue weighted by Crippen LogP contribution is 2.41. The summed E-state index contributed by atoms with van der Waals surface area (Å²) in [6, 6.07) is 4.11. The molecule has 1 fully saturated rings. The van der Waals surface area contributed by atoms with Gasteiger partial charge in [0, 0.05) is 30.1 Å². The molecule has 0 aliphatic carbocycles. The molecule has 2 aliphatic heterocycles. The average molecular weight is 269 g/mol. The Hall–Kier alpha value is -2.23. The zero-order valence-corrected chi connectivity index (χ0v) is 11.0. The lowest BCUT2D eigenvalue weighted by molar-refractivity contribution is -0.114. The van der Waals surface area contributed by atoms with Gasteiger partial charge in [0.1, 0.15) is 0 Å². The molecule has 1 unspecified atom stereocenters. The molecule has 102 valence electrons. The van der Waals surface area contributed by atoms with Gasteiger partial charge in [-0.1, -0.05) is 0 Å². The Kier molecular flexibility index (Phi) is 2.55. The normalized spacial score (nSPS) is 22.5. The minimum absolute atomic E-state index is 0.200. The highest BCUT2D eigenvalue weighted by atomic mass is 16.3. The summed E-state index contributed by atoms with van der Waals surface area (Å²) in [6.45, 7) is 1.000. The van der Waals surface area contributed by atoms with Gasteiger partial charge in [-0.25, -0.2) is 0 Å². The number of fused-ring (bicyclic) bond motifs is 1. The van der Waals surface area contributed by atoms with Gasteiger partial charge in [-0.2, -0.15) is 0 Å². The predicted octanol–water partition coefficient (Wildman–Crippen LogP) is 3.18. The zero-order valence-electron chi connectivity index (χ0n) is 11.0. The highest BCUT2D eigenvalue weighted by molar-refractivity contribution is 6.28. The molecule has 2 aromatic rings. The molecule has 0 amide bonds. The zero-order chi connectivity index (χ0) is 13.5. The molecule has 4 heterocycles. The maximum atomic E-state index is 12.6. The van der Waals surface area contributed by atoms with Crippen LogP contribution in [0, 0.1) is 0 Å². The molecule has 2 aliphatic rings. The second-order valence-corrected chi connectivity index (χ2v) is 5.36. The molecule has 1 saturated heterocycles. The number of allylic oxidation sites excluding steroid dienone is 1. The van der Waals surface area contributed by atoms with Gasteiger partial charge in [-0.05, 0) is 25.0 Å². The third kappa shape index (κ3) is 1.64. The largest absolute Gasteiger partial charge is 0.472 e. The summed E-state index contributed by atoms with van der Waals surface area (Å²) in [7, 11) is 0.